The fourth-order valence-corrected chi connectivity index (χ4v) is 3.47. The molecular weight excluding hydrogens is 456 g/mol. The highest BCUT2D eigenvalue weighted by molar-refractivity contribution is 6.30. The first-order valence-electron chi connectivity index (χ1n) is 11.0. The predicted molar refractivity (Wildman–Crippen MR) is 134 cm³/mol. The number of imidazole rings is 1. The number of nitrogens with zero attached hydrogens (tertiary/aromatic N) is 3. The number of anilines is 1. The molecule has 0 radical (unpaired) electrons. The maximum Gasteiger partial charge on any atom is 0.321 e. The van der Waals surface area contributed by atoms with E-state index in [-0.39, 0.29) is 5.96 Å². The van der Waals surface area contributed by atoms with Gasteiger partial charge in [-0.25, -0.2) is 14.8 Å². The molecular formula is C24H29ClN6O3. The molecule has 2 aromatic carbocycles. The molecule has 0 aliphatic carbocycles. The van der Waals surface area contributed by atoms with E-state index in [9.17, 15) is 14.7 Å². The number of nitrogens with one attached hydrogen (secondary N) is 3. The van der Waals surface area contributed by atoms with Gasteiger partial charge in [-0.3, -0.25) is 10.1 Å². The number of carboxylic acids is 1. The molecule has 34 heavy (non-hydrogen) atoms. The third-order valence-corrected chi connectivity index (χ3v) is 5.87. The normalized spacial score (nSPS) is 13.4. The number of carbonyl (C=O) groups excluding carboxylic acids is 1. The third-order valence-electron chi connectivity index (χ3n) is 5.62. The molecule has 180 valence electrons. The quantitative estimate of drug-likeness (QED) is 0.296. The van der Waals surface area contributed by atoms with Gasteiger partial charge in [0.05, 0.1) is 23.5 Å². The zero-order valence-electron chi connectivity index (χ0n) is 19.6. The number of urea groups is 1. The smallest absolute Gasteiger partial charge is 0.321 e. The molecule has 0 bridgehead atoms. The van der Waals surface area contributed by atoms with Crippen LogP contribution in [0.5, 0.6) is 0 Å². The monoisotopic (exact) mass is 484 g/mol. The van der Waals surface area contributed by atoms with E-state index in [0.29, 0.717) is 17.3 Å². The molecule has 3 rings (SSSR count). The predicted octanol–water partition coefficient (Wildman–Crippen LogP) is 4.17. The summed E-state index contributed by atoms with van der Waals surface area (Å²) in [5, 5.41) is 18.3. The number of aromatic nitrogens is 2. The Labute approximate surface area is 203 Å². The van der Waals surface area contributed by atoms with Crippen LogP contribution in [0.4, 0.5) is 10.5 Å². The zero-order chi connectivity index (χ0) is 24.8. The minimum atomic E-state index is -0.988. The van der Waals surface area contributed by atoms with Crippen LogP contribution in [-0.4, -0.2) is 38.7 Å². The lowest BCUT2D eigenvalue weighted by atomic mass is 10.0. The van der Waals surface area contributed by atoms with Gasteiger partial charge in [-0.05, 0) is 49.7 Å². The number of aliphatic carboxylic acids is 1. The molecule has 1 aromatic heterocycles. The van der Waals surface area contributed by atoms with Crippen molar-refractivity contribution >= 4 is 46.3 Å². The van der Waals surface area contributed by atoms with Gasteiger partial charge in [0.25, 0.3) is 0 Å². The summed E-state index contributed by atoms with van der Waals surface area (Å²) in [5.74, 6) is -0.540. The summed E-state index contributed by atoms with van der Waals surface area (Å²) >= 11 is 5.95. The maximum absolute atomic E-state index is 12.6. The molecule has 0 saturated carbocycles. The highest BCUT2D eigenvalue weighted by Gasteiger charge is 2.21. The van der Waals surface area contributed by atoms with Crippen LogP contribution in [0.15, 0.2) is 47.5 Å². The Morgan fingerprint density at radius 3 is 2.53 bits per heavy atom. The summed E-state index contributed by atoms with van der Waals surface area (Å²) in [5.41, 5.74) is 3.45. The Kier molecular flexibility index (Phi) is 8.12. The van der Waals surface area contributed by atoms with Crippen molar-refractivity contribution in [2.45, 2.75) is 39.8 Å². The molecule has 0 fully saturated rings. The molecule has 0 aliphatic heterocycles. The van der Waals surface area contributed by atoms with Gasteiger partial charge in [0.1, 0.15) is 5.82 Å². The second-order valence-electron chi connectivity index (χ2n) is 8.07. The first-order chi connectivity index (χ1) is 16.2. The third kappa shape index (κ3) is 6.26. The summed E-state index contributed by atoms with van der Waals surface area (Å²) in [7, 11) is 1.98. The number of carbonyl (C=O) groups is 2. The molecule has 9 nitrogen and oxygen atoms in total. The van der Waals surface area contributed by atoms with Crippen LogP contribution in [0, 0.1) is 5.92 Å². The number of hydrogen-bond donors (Lipinski definition) is 4. The lowest BCUT2D eigenvalue weighted by Gasteiger charge is -2.19. The topological polar surface area (TPSA) is 121 Å². The number of fused-ring (bicyclic) bond motifs is 1. The van der Waals surface area contributed by atoms with Crippen molar-refractivity contribution in [1.29, 1.82) is 0 Å². The molecule has 3 aromatic rings. The van der Waals surface area contributed by atoms with Gasteiger partial charge in [0.15, 0.2) is 0 Å². The van der Waals surface area contributed by atoms with Crippen LogP contribution in [0.3, 0.4) is 0 Å². The van der Waals surface area contributed by atoms with Crippen LogP contribution < -0.4 is 16.0 Å². The Bertz CT molecular complexity index is 1210. The van der Waals surface area contributed by atoms with Crippen LogP contribution >= 0.6 is 11.6 Å². The van der Waals surface area contributed by atoms with E-state index in [1.165, 1.54) is 6.92 Å². The fraction of sp³-hybridized carbons (Fsp3) is 0.333. The first kappa shape index (κ1) is 25.0. The Balaban J connectivity index is 1.81. The largest absolute Gasteiger partial charge is 0.481 e. The van der Waals surface area contributed by atoms with Crippen molar-refractivity contribution in [2.75, 3.05) is 5.32 Å². The number of carboxylic acid groups (broad SMARTS) is 1. The van der Waals surface area contributed by atoms with E-state index in [2.05, 4.69) is 32.9 Å². The Morgan fingerprint density at radius 1 is 1.18 bits per heavy atom. The summed E-state index contributed by atoms with van der Waals surface area (Å²) in [4.78, 5) is 32.9. The average Bonchev–Trinajstić information content (AvgIpc) is 3.12. The summed E-state index contributed by atoms with van der Waals surface area (Å²) in [6, 6.07) is 11.8. The van der Waals surface area contributed by atoms with Gasteiger partial charge in [-0.1, -0.05) is 30.7 Å². The van der Waals surface area contributed by atoms with E-state index < -0.39 is 24.0 Å². The number of amides is 2. The van der Waals surface area contributed by atoms with E-state index in [1.54, 1.807) is 19.1 Å². The molecule has 0 aliphatic rings. The minimum absolute atomic E-state index is 0.216. The highest BCUT2D eigenvalue weighted by Crippen LogP contribution is 2.20. The lowest BCUT2D eigenvalue weighted by molar-refractivity contribution is -0.141. The zero-order valence-corrected chi connectivity index (χ0v) is 20.3. The van der Waals surface area contributed by atoms with Crippen molar-refractivity contribution in [1.82, 2.24) is 20.2 Å². The van der Waals surface area contributed by atoms with Gasteiger partial charge < -0.3 is 20.3 Å². The summed E-state index contributed by atoms with van der Waals surface area (Å²) in [6.45, 7) is 5.52. The molecule has 0 spiro atoms. The SMILES string of the molecule is CCc1nc2cc(NC(=NCc3ccc(Cl)cc3)NC(=O)N[C@@H](C)[C@@H](C)C(=O)O)ccc2n1C. The second kappa shape index (κ2) is 11.0. The van der Waals surface area contributed by atoms with E-state index in [0.717, 1.165) is 28.8 Å². The van der Waals surface area contributed by atoms with Crippen LogP contribution in [0.1, 0.15) is 32.2 Å². The molecule has 4 N–H and O–H groups in total. The van der Waals surface area contributed by atoms with Crippen LogP contribution in [-0.2, 0) is 24.8 Å². The highest BCUT2D eigenvalue weighted by atomic mass is 35.5. The van der Waals surface area contributed by atoms with Crippen molar-refractivity contribution in [3.8, 4) is 0 Å². The Hall–Kier alpha value is -3.59. The van der Waals surface area contributed by atoms with Crippen molar-refractivity contribution < 1.29 is 14.7 Å². The molecule has 0 unspecified atom stereocenters. The molecule has 1 heterocycles. The summed E-state index contributed by atoms with van der Waals surface area (Å²) < 4.78 is 2.05. The van der Waals surface area contributed by atoms with Gasteiger partial charge in [-0.15, -0.1) is 0 Å². The van der Waals surface area contributed by atoms with Gasteiger partial charge in [0, 0.05) is 30.2 Å². The first-order valence-corrected chi connectivity index (χ1v) is 11.4. The number of aliphatic imine (C=N–C) groups is 1. The number of hydrogen-bond acceptors (Lipinski definition) is 4. The number of aryl methyl sites for hydroxylation is 2. The van der Waals surface area contributed by atoms with Crippen LogP contribution in [0.2, 0.25) is 5.02 Å². The minimum Gasteiger partial charge on any atom is -0.481 e. The fourth-order valence-electron chi connectivity index (χ4n) is 3.34. The molecule has 2 amide bonds. The number of halogens is 1. The second-order valence-corrected chi connectivity index (χ2v) is 8.51. The van der Waals surface area contributed by atoms with E-state index in [4.69, 9.17) is 11.6 Å². The number of rotatable bonds is 7. The summed E-state index contributed by atoms with van der Waals surface area (Å²) in [6.07, 6.45) is 0.816. The van der Waals surface area contributed by atoms with Crippen molar-refractivity contribution in [3.05, 3.63) is 58.9 Å². The number of benzene rings is 2. The Morgan fingerprint density at radius 2 is 1.88 bits per heavy atom. The van der Waals surface area contributed by atoms with E-state index in [1.807, 2.05) is 41.9 Å². The standard InChI is InChI=1S/C24H29ClN6O3/c1-5-21-29-19-12-18(10-11-20(19)31(21)4)28-23(26-13-16-6-8-17(25)9-7-16)30-24(34)27-15(3)14(2)22(32)33/h6-12,14-15H,5,13H2,1-4H3,(H,32,33)(H3,26,27,28,30,34)/t14-,15+/m1/s1. The molecule has 10 heteroatoms. The van der Waals surface area contributed by atoms with E-state index >= 15 is 0 Å². The molecule has 2 atom stereocenters. The average molecular weight is 485 g/mol. The van der Waals surface area contributed by atoms with Gasteiger partial charge in [-0.2, -0.15) is 0 Å². The van der Waals surface area contributed by atoms with Gasteiger partial charge >= 0.3 is 12.0 Å². The van der Waals surface area contributed by atoms with Crippen LogP contribution in [0.25, 0.3) is 11.0 Å². The van der Waals surface area contributed by atoms with Crippen molar-refractivity contribution in [3.63, 3.8) is 0 Å². The number of guanidine groups is 1. The van der Waals surface area contributed by atoms with Crippen molar-refractivity contribution in [2.24, 2.45) is 18.0 Å². The lowest BCUT2D eigenvalue weighted by Crippen LogP contribution is -2.48. The van der Waals surface area contributed by atoms with Gasteiger partial charge in [0.2, 0.25) is 5.96 Å². The molecule has 0 saturated heterocycles. The maximum atomic E-state index is 12.6.